The van der Waals surface area contributed by atoms with Crippen LogP contribution in [0.2, 0.25) is 0 Å². The van der Waals surface area contributed by atoms with E-state index in [2.05, 4.69) is 13.8 Å². The van der Waals surface area contributed by atoms with E-state index in [1.165, 1.54) is 32.1 Å². The van der Waals surface area contributed by atoms with Crippen LogP contribution in [0.5, 0.6) is 0 Å². The van der Waals surface area contributed by atoms with Crippen LogP contribution >= 0.6 is 0 Å². The number of carbonyl (C=O) groups excluding carboxylic acids is 1. The van der Waals surface area contributed by atoms with Gasteiger partial charge in [0.25, 0.3) is 0 Å². The molecule has 0 heterocycles. The molecule has 0 unspecified atom stereocenters. The topological polar surface area (TPSA) is 40.5 Å². The fraction of sp³-hybridized carbons (Fsp3) is 0.600. The maximum atomic E-state index is 13.3. The number of nitrogens with zero attached hydrogens (tertiary/aromatic N) is 1. The minimum atomic E-state index is -0.0899. The van der Waals surface area contributed by atoms with Crippen molar-refractivity contribution in [2.24, 2.45) is 5.41 Å². The number of rotatable bonds is 4. The maximum absolute atomic E-state index is 13.3. The number of benzene rings is 1. The first-order valence-electron chi connectivity index (χ1n) is 8.88. The summed E-state index contributed by atoms with van der Waals surface area (Å²) < 4.78 is 0. The summed E-state index contributed by atoms with van der Waals surface area (Å²) in [4.78, 5) is 15.3. The minimum Gasteiger partial charge on any atom is -0.395 e. The molecule has 3 nitrogen and oxygen atoms in total. The predicted molar refractivity (Wildman–Crippen MR) is 92.2 cm³/mol. The van der Waals surface area contributed by atoms with Gasteiger partial charge in [0.15, 0.2) is 5.91 Å². The van der Waals surface area contributed by atoms with Gasteiger partial charge in [-0.3, -0.25) is 4.79 Å². The predicted octanol–water partition coefficient (Wildman–Crippen LogP) is 0.810. The molecule has 1 aromatic carbocycles. The third-order valence-corrected chi connectivity index (χ3v) is 6.34. The van der Waals surface area contributed by atoms with E-state index in [4.69, 9.17) is 0 Å². The maximum Gasteiger partial charge on any atom is 1.00 e. The number of aliphatic hydroxyl groups excluding tert-OH is 1. The molecule has 2 aliphatic rings. The second-order valence-corrected chi connectivity index (χ2v) is 7.49. The molecule has 0 aliphatic heterocycles. The smallest absolute Gasteiger partial charge is 0.395 e. The quantitative estimate of drug-likeness (QED) is 0.659. The molecule has 3 rings (SSSR count). The van der Waals surface area contributed by atoms with Crippen LogP contribution in [0.4, 0.5) is 0 Å². The van der Waals surface area contributed by atoms with E-state index in [1.54, 1.807) is 0 Å². The molecule has 0 aromatic heterocycles. The van der Waals surface area contributed by atoms with E-state index in [9.17, 15) is 9.90 Å². The van der Waals surface area contributed by atoms with Crippen LogP contribution in [0.3, 0.4) is 0 Å². The molecule has 0 bridgehead atoms. The summed E-state index contributed by atoms with van der Waals surface area (Å²) in [5.74, 6) is 0.0414. The van der Waals surface area contributed by atoms with Gasteiger partial charge in [-0.1, -0.05) is 37.8 Å². The van der Waals surface area contributed by atoms with Gasteiger partial charge < -0.3 is 10.0 Å². The normalized spacial score (nSPS) is 28.8. The van der Waals surface area contributed by atoms with Gasteiger partial charge >= 0.3 is 18.9 Å². The zero-order valence-corrected chi connectivity index (χ0v) is 15.2. The Labute approximate surface area is 158 Å². The average Bonchev–Trinajstić information content (AvgIpc) is 2.90. The largest absolute Gasteiger partial charge is 1.00 e. The fourth-order valence-electron chi connectivity index (χ4n) is 5.10. The summed E-state index contributed by atoms with van der Waals surface area (Å²) >= 11 is 0. The van der Waals surface area contributed by atoms with Gasteiger partial charge in [-0.15, -0.1) is 12.1 Å². The summed E-state index contributed by atoms with van der Waals surface area (Å²) in [5, 5.41) is 9.62. The molecule has 2 fully saturated rings. The van der Waals surface area contributed by atoms with Crippen molar-refractivity contribution < 1.29 is 28.8 Å². The van der Waals surface area contributed by atoms with Gasteiger partial charge in [-0.25, -0.2) is 0 Å². The zero-order chi connectivity index (χ0) is 16.5. The van der Waals surface area contributed by atoms with Gasteiger partial charge in [-0.2, -0.15) is 18.6 Å². The van der Waals surface area contributed by atoms with Crippen LogP contribution in [-0.4, -0.2) is 34.6 Å². The zero-order valence-electron chi connectivity index (χ0n) is 15.2. The van der Waals surface area contributed by atoms with Crippen molar-refractivity contribution in [3.05, 3.63) is 42.3 Å². The Bertz CT molecular complexity index is 591. The molecule has 0 saturated heterocycles. The summed E-state index contributed by atoms with van der Waals surface area (Å²) in [6, 6.07) is 7.55. The van der Waals surface area contributed by atoms with E-state index in [0.717, 1.165) is 18.4 Å². The summed E-state index contributed by atoms with van der Waals surface area (Å²) in [7, 11) is 0. The van der Waals surface area contributed by atoms with E-state index >= 15 is 0 Å². The Balaban J connectivity index is 0.00000208. The van der Waals surface area contributed by atoms with Gasteiger partial charge in [0.1, 0.15) is 0 Å². The Hall–Kier alpha value is -0.883. The second-order valence-electron chi connectivity index (χ2n) is 7.49. The van der Waals surface area contributed by atoms with Crippen LogP contribution in [0.25, 0.3) is 0 Å². The van der Waals surface area contributed by atoms with Gasteiger partial charge in [0.2, 0.25) is 0 Å². The first kappa shape index (κ1) is 19.4. The van der Waals surface area contributed by atoms with Gasteiger partial charge in [0.05, 0.1) is 6.61 Å². The van der Waals surface area contributed by atoms with E-state index in [-0.39, 0.29) is 42.3 Å². The van der Waals surface area contributed by atoms with Crippen molar-refractivity contribution in [2.45, 2.75) is 57.4 Å². The van der Waals surface area contributed by atoms with Crippen molar-refractivity contribution >= 4 is 5.91 Å². The number of hydrogen-bond donors (Lipinski definition) is 1. The molecule has 2 saturated carbocycles. The Morgan fingerprint density at radius 1 is 1.17 bits per heavy atom. The molecule has 1 amide bonds. The average molecular weight is 321 g/mol. The van der Waals surface area contributed by atoms with Gasteiger partial charge in [0, 0.05) is 12.1 Å². The van der Waals surface area contributed by atoms with Crippen molar-refractivity contribution in [2.75, 3.05) is 13.2 Å². The van der Waals surface area contributed by atoms with Crippen LogP contribution in [-0.2, 0) is 0 Å². The van der Waals surface area contributed by atoms with Crippen LogP contribution in [0.1, 0.15) is 67.8 Å². The number of aliphatic hydroxyl groups is 1. The standard InChI is InChI=1S/C20H28NO2.Li/c1-16-8-3-4-9-17(16)18(23)21(14-15-22)20-12-6-5-10-19(20,2)11-7-13-20;/h3-4,8-9,22H,1,5-7,10-15H2,2H3;/q-1;+1/t19-,20-;/m0./s1. The Morgan fingerprint density at radius 3 is 2.50 bits per heavy atom. The first-order valence-corrected chi connectivity index (χ1v) is 8.88. The molecule has 126 valence electrons. The molecule has 24 heavy (non-hydrogen) atoms. The number of fused-ring (bicyclic) bond motifs is 1. The Kier molecular flexibility index (Phi) is 6.13. The van der Waals surface area contributed by atoms with Crippen molar-refractivity contribution in [1.29, 1.82) is 0 Å². The van der Waals surface area contributed by atoms with E-state index in [1.807, 2.05) is 29.2 Å². The SMILES string of the molecule is [CH2-]c1ccccc1C(=O)N(CCO)[C@]12CCCC[C@@]1(C)CCC2.[Li+]. The summed E-state index contributed by atoms with van der Waals surface area (Å²) in [5.41, 5.74) is 1.54. The molecule has 2 aliphatic carbocycles. The third-order valence-electron chi connectivity index (χ3n) is 6.34. The molecular formula is C20H28LiNO2. The van der Waals surface area contributed by atoms with Crippen LogP contribution in [0.15, 0.2) is 24.3 Å². The first-order chi connectivity index (χ1) is 11.0. The van der Waals surface area contributed by atoms with Crippen molar-refractivity contribution in [3.63, 3.8) is 0 Å². The second kappa shape index (κ2) is 7.56. The molecule has 4 heteroatoms. The molecular weight excluding hydrogens is 293 g/mol. The van der Waals surface area contributed by atoms with Crippen molar-refractivity contribution in [3.8, 4) is 0 Å². The number of β-amino-alcohol motifs (C(OH)–C–C–N with tert-alkyl or cyclic N) is 1. The molecule has 1 N–H and O–H groups in total. The number of carbonyl (C=O) groups is 1. The third kappa shape index (κ3) is 3.03. The molecule has 1 aromatic rings. The van der Waals surface area contributed by atoms with E-state index < -0.39 is 0 Å². The van der Waals surface area contributed by atoms with E-state index in [0.29, 0.717) is 12.1 Å². The molecule has 0 spiro atoms. The fourth-order valence-corrected chi connectivity index (χ4v) is 5.10. The van der Waals surface area contributed by atoms with Crippen LogP contribution < -0.4 is 18.9 Å². The van der Waals surface area contributed by atoms with Crippen LogP contribution in [0, 0.1) is 12.3 Å². The monoisotopic (exact) mass is 321 g/mol. The molecule has 2 atom stereocenters. The molecule has 0 radical (unpaired) electrons. The number of amides is 1. The van der Waals surface area contributed by atoms with Crippen molar-refractivity contribution in [1.82, 2.24) is 4.90 Å². The Morgan fingerprint density at radius 2 is 1.79 bits per heavy atom. The number of hydrogen-bond acceptors (Lipinski definition) is 2. The van der Waals surface area contributed by atoms with Gasteiger partial charge in [-0.05, 0) is 31.1 Å². The minimum absolute atomic E-state index is 0. The summed E-state index contributed by atoms with van der Waals surface area (Å²) in [6.45, 7) is 6.81. The summed E-state index contributed by atoms with van der Waals surface area (Å²) in [6.07, 6.45) is 8.12.